The Morgan fingerprint density at radius 3 is 2.74 bits per heavy atom. The molecule has 0 spiro atoms. The van der Waals surface area contributed by atoms with E-state index in [0.29, 0.717) is 30.0 Å². The van der Waals surface area contributed by atoms with Gasteiger partial charge in [-0.2, -0.15) is 16.7 Å². The van der Waals surface area contributed by atoms with Crippen molar-refractivity contribution < 1.29 is 14.1 Å². The summed E-state index contributed by atoms with van der Waals surface area (Å²) in [6.07, 6.45) is 0. The highest BCUT2D eigenvalue weighted by Gasteiger charge is 2.37. The van der Waals surface area contributed by atoms with E-state index < -0.39 is 5.41 Å². The van der Waals surface area contributed by atoms with E-state index >= 15 is 0 Å². The van der Waals surface area contributed by atoms with E-state index in [1.165, 1.54) is 0 Å². The maximum atomic E-state index is 11.8. The minimum Gasteiger partial charge on any atom is -0.465 e. The maximum absolute atomic E-state index is 11.8. The van der Waals surface area contributed by atoms with Crippen molar-refractivity contribution in [3.05, 3.63) is 11.7 Å². The van der Waals surface area contributed by atoms with E-state index in [0.717, 1.165) is 5.75 Å². The summed E-state index contributed by atoms with van der Waals surface area (Å²) in [5.74, 6) is 2.96. The third-order valence-corrected chi connectivity index (χ3v) is 3.84. The van der Waals surface area contributed by atoms with Gasteiger partial charge in [-0.1, -0.05) is 19.0 Å². The van der Waals surface area contributed by atoms with E-state index in [-0.39, 0.29) is 5.97 Å². The van der Waals surface area contributed by atoms with Crippen LogP contribution < -0.4 is 0 Å². The smallest absolute Gasteiger partial charge is 0.321 e. The third-order valence-electron chi connectivity index (χ3n) is 2.47. The summed E-state index contributed by atoms with van der Waals surface area (Å²) >= 11 is 1.76. The van der Waals surface area contributed by atoms with Crippen molar-refractivity contribution >= 4 is 17.7 Å². The monoisotopic (exact) mass is 286 g/mol. The predicted octanol–water partition coefficient (Wildman–Crippen LogP) is 2.80. The summed E-state index contributed by atoms with van der Waals surface area (Å²) in [6.45, 7) is 9.90. The molecule has 0 unspecified atom stereocenters. The van der Waals surface area contributed by atoms with Gasteiger partial charge in [0.1, 0.15) is 5.41 Å². The standard InChI is InChI=1S/C13H22N2O3S/c1-6-17-12(16)13(4,5)11-14-10(15-18-11)8-19-7-9(2)3/h9H,6-8H2,1-5H3. The molecule has 6 heteroatoms. The lowest BCUT2D eigenvalue weighted by atomic mass is 9.94. The maximum Gasteiger partial charge on any atom is 0.321 e. The second-order valence-electron chi connectivity index (χ2n) is 5.27. The largest absolute Gasteiger partial charge is 0.465 e. The van der Waals surface area contributed by atoms with Gasteiger partial charge in [0.25, 0.3) is 0 Å². The molecule has 1 aromatic heterocycles. The summed E-state index contributed by atoms with van der Waals surface area (Å²) in [6, 6.07) is 0. The summed E-state index contributed by atoms with van der Waals surface area (Å²) < 4.78 is 10.2. The van der Waals surface area contributed by atoms with Crippen molar-refractivity contribution in [3.63, 3.8) is 0 Å². The SMILES string of the molecule is CCOC(=O)C(C)(C)c1nc(CSCC(C)C)no1. The molecule has 0 aromatic carbocycles. The number of esters is 1. The lowest BCUT2D eigenvalue weighted by Crippen LogP contribution is -2.31. The van der Waals surface area contributed by atoms with E-state index in [9.17, 15) is 4.79 Å². The van der Waals surface area contributed by atoms with Gasteiger partial charge < -0.3 is 9.26 Å². The Kier molecular flexibility index (Phi) is 5.85. The van der Waals surface area contributed by atoms with Gasteiger partial charge in [-0.25, -0.2) is 0 Å². The molecule has 5 nitrogen and oxygen atoms in total. The topological polar surface area (TPSA) is 65.2 Å². The summed E-state index contributed by atoms with van der Waals surface area (Å²) in [5, 5.41) is 3.91. The van der Waals surface area contributed by atoms with Crippen molar-refractivity contribution in [3.8, 4) is 0 Å². The van der Waals surface area contributed by atoms with Crippen LogP contribution in [0.5, 0.6) is 0 Å². The van der Waals surface area contributed by atoms with Crippen LogP contribution in [0.4, 0.5) is 0 Å². The first-order chi connectivity index (χ1) is 8.87. The fourth-order valence-corrected chi connectivity index (χ4v) is 2.24. The molecule has 0 amide bonds. The van der Waals surface area contributed by atoms with Crippen molar-refractivity contribution in [2.45, 2.75) is 45.8 Å². The number of aromatic nitrogens is 2. The Bertz CT molecular complexity index is 416. The molecule has 0 fully saturated rings. The molecule has 0 atom stereocenters. The molecule has 0 radical (unpaired) electrons. The number of hydrogen-bond donors (Lipinski definition) is 0. The molecule has 1 rings (SSSR count). The molecule has 0 aliphatic heterocycles. The number of carbonyl (C=O) groups excluding carboxylic acids is 1. The molecule has 0 bridgehead atoms. The first-order valence-electron chi connectivity index (χ1n) is 6.46. The lowest BCUT2D eigenvalue weighted by Gasteiger charge is -2.16. The Balaban J connectivity index is 2.65. The molecular weight excluding hydrogens is 264 g/mol. The molecular formula is C13H22N2O3S. The van der Waals surface area contributed by atoms with Gasteiger partial charge in [0, 0.05) is 0 Å². The molecule has 0 saturated carbocycles. The Morgan fingerprint density at radius 2 is 2.16 bits per heavy atom. The summed E-state index contributed by atoms with van der Waals surface area (Å²) in [7, 11) is 0. The highest BCUT2D eigenvalue weighted by molar-refractivity contribution is 7.98. The van der Waals surface area contributed by atoms with Crippen molar-refractivity contribution in [2.75, 3.05) is 12.4 Å². The van der Waals surface area contributed by atoms with Gasteiger partial charge >= 0.3 is 5.97 Å². The van der Waals surface area contributed by atoms with Crippen LogP contribution in [0.15, 0.2) is 4.52 Å². The number of hydrogen-bond acceptors (Lipinski definition) is 6. The van der Waals surface area contributed by atoms with Crippen LogP contribution in [0.25, 0.3) is 0 Å². The molecule has 108 valence electrons. The normalized spacial score (nSPS) is 11.9. The average Bonchev–Trinajstić information content (AvgIpc) is 2.78. The number of carbonyl (C=O) groups is 1. The van der Waals surface area contributed by atoms with Gasteiger partial charge in [-0.3, -0.25) is 4.79 Å². The van der Waals surface area contributed by atoms with Crippen LogP contribution in [0, 0.1) is 5.92 Å². The van der Waals surface area contributed by atoms with Gasteiger partial charge in [0.15, 0.2) is 5.82 Å². The molecule has 0 N–H and O–H groups in total. The molecule has 0 aliphatic carbocycles. The third kappa shape index (κ3) is 4.53. The molecule has 1 aromatic rings. The van der Waals surface area contributed by atoms with Crippen LogP contribution in [0.2, 0.25) is 0 Å². The first-order valence-corrected chi connectivity index (χ1v) is 7.61. The second-order valence-corrected chi connectivity index (χ2v) is 6.30. The zero-order chi connectivity index (χ0) is 14.5. The zero-order valence-electron chi connectivity index (χ0n) is 12.2. The van der Waals surface area contributed by atoms with E-state index in [2.05, 4.69) is 24.0 Å². The van der Waals surface area contributed by atoms with Crippen LogP contribution in [-0.2, 0) is 20.7 Å². The highest BCUT2D eigenvalue weighted by Crippen LogP contribution is 2.24. The number of nitrogens with zero attached hydrogens (tertiary/aromatic N) is 2. The lowest BCUT2D eigenvalue weighted by molar-refractivity contribution is -0.149. The highest BCUT2D eigenvalue weighted by atomic mass is 32.2. The average molecular weight is 286 g/mol. The van der Waals surface area contributed by atoms with Crippen molar-refractivity contribution in [1.29, 1.82) is 0 Å². The number of thioether (sulfide) groups is 1. The fraction of sp³-hybridized carbons (Fsp3) is 0.769. The minimum atomic E-state index is -0.899. The van der Waals surface area contributed by atoms with Gasteiger partial charge in [0.05, 0.1) is 12.4 Å². The summed E-state index contributed by atoms with van der Waals surface area (Å²) in [4.78, 5) is 16.1. The van der Waals surface area contributed by atoms with Crippen LogP contribution in [0.3, 0.4) is 0 Å². The van der Waals surface area contributed by atoms with Crippen LogP contribution >= 0.6 is 11.8 Å². The van der Waals surface area contributed by atoms with E-state index in [4.69, 9.17) is 9.26 Å². The quantitative estimate of drug-likeness (QED) is 0.718. The number of rotatable bonds is 7. The predicted molar refractivity (Wildman–Crippen MR) is 75.0 cm³/mol. The Labute approximate surface area is 118 Å². The van der Waals surface area contributed by atoms with Gasteiger partial charge in [-0.15, -0.1) is 0 Å². The van der Waals surface area contributed by atoms with Crippen molar-refractivity contribution in [1.82, 2.24) is 10.1 Å². The second kappa shape index (κ2) is 6.93. The minimum absolute atomic E-state index is 0.311. The van der Waals surface area contributed by atoms with Crippen LogP contribution in [-0.4, -0.2) is 28.5 Å². The van der Waals surface area contributed by atoms with E-state index in [1.54, 1.807) is 32.5 Å². The van der Waals surface area contributed by atoms with Gasteiger partial charge in [0.2, 0.25) is 5.89 Å². The molecule has 1 heterocycles. The Hall–Kier alpha value is -1.04. The summed E-state index contributed by atoms with van der Waals surface area (Å²) in [5.41, 5.74) is -0.899. The van der Waals surface area contributed by atoms with Gasteiger partial charge in [-0.05, 0) is 32.4 Å². The molecule has 0 aliphatic rings. The Morgan fingerprint density at radius 1 is 1.47 bits per heavy atom. The molecule has 0 saturated heterocycles. The van der Waals surface area contributed by atoms with E-state index in [1.807, 2.05) is 0 Å². The first kappa shape index (κ1) is 16.0. The fourth-order valence-electron chi connectivity index (χ4n) is 1.35. The number of ether oxygens (including phenoxy) is 1. The van der Waals surface area contributed by atoms with Crippen molar-refractivity contribution in [2.24, 2.45) is 5.92 Å². The molecule has 19 heavy (non-hydrogen) atoms. The zero-order valence-corrected chi connectivity index (χ0v) is 13.0. The van der Waals surface area contributed by atoms with Crippen LogP contribution in [0.1, 0.15) is 46.3 Å².